The smallest absolute Gasteiger partial charge is 0.313 e. The summed E-state index contributed by atoms with van der Waals surface area (Å²) in [5.74, 6) is -0.183. The lowest BCUT2D eigenvalue weighted by atomic mass is 9.84. The van der Waals surface area contributed by atoms with Crippen LogP contribution in [-0.4, -0.2) is 18.4 Å². The molecule has 0 spiro atoms. The van der Waals surface area contributed by atoms with Gasteiger partial charge in [0.1, 0.15) is 0 Å². The van der Waals surface area contributed by atoms with Crippen molar-refractivity contribution in [2.45, 2.75) is 58.8 Å². The lowest BCUT2D eigenvalue weighted by Crippen LogP contribution is -2.24. The van der Waals surface area contributed by atoms with Crippen LogP contribution in [0.3, 0.4) is 0 Å². The average molecular weight is 252 g/mol. The van der Waals surface area contributed by atoms with Gasteiger partial charge in [-0.3, -0.25) is 9.59 Å². The van der Waals surface area contributed by atoms with Gasteiger partial charge in [-0.05, 0) is 32.3 Å². The first-order valence-corrected chi connectivity index (χ1v) is 7.09. The summed E-state index contributed by atoms with van der Waals surface area (Å²) in [6.07, 6.45) is 8.26. The highest BCUT2D eigenvalue weighted by Crippen LogP contribution is 2.28. The number of hydrogen-bond donors (Lipinski definition) is 0. The van der Waals surface area contributed by atoms with E-state index in [0.717, 1.165) is 24.8 Å². The summed E-state index contributed by atoms with van der Waals surface area (Å²) in [6.45, 7) is 4.40. The molecule has 0 N–H and O–H groups in total. The van der Waals surface area contributed by atoms with Gasteiger partial charge in [0.25, 0.3) is 0 Å². The number of ketones is 1. The molecule has 0 heterocycles. The van der Waals surface area contributed by atoms with Gasteiger partial charge in [-0.15, -0.1) is 0 Å². The maximum absolute atomic E-state index is 11.8. The molecule has 0 aliphatic heterocycles. The van der Waals surface area contributed by atoms with Crippen LogP contribution in [0.25, 0.3) is 0 Å². The van der Waals surface area contributed by atoms with Crippen LogP contribution in [0.4, 0.5) is 0 Å². The largest absolute Gasteiger partial charge is 0.466 e. The molecule has 0 unspecified atom stereocenters. The molecule has 0 saturated heterocycles. The topological polar surface area (TPSA) is 43.4 Å². The number of ether oxygens (including phenoxy) is 1. The van der Waals surface area contributed by atoms with Gasteiger partial charge in [0, 0.05) is 6.42 Å². The van der Waals surface area contributed by atoms with Crippen LogP contribution < -0.4 is 0 Å². The van der Waals surface area contributed by atoms with E-state index >= 15 is 0 Å². The minimum atomic E-state index is -0.177. The Kier molecular flexibility index (Phi) is 6.69. The van der Waals surface area contributed by atoms with Crippen molar-refractivity contribution < 1.29 is 14.3 Å². The number of hydrogen-bond acceptors (Lipinski definition) is 3. The van der Waals surface area contributed by atoms with E-state index in [1.807, 2.05) is 6.92 Å². The molecule has 18 heavy (non-hydrogen) atoms. The molecule has 0 bridgehead atoms. The molecule has 0 amide bonds. The number of carbonyl (C=O) groups is 2. The monoisotopic (exact) mass is 252 g/mol. The Hall–Kier alpha value is -1.12. The van der Waals surface area contributed by atoms with E-state index in [0.29, 0.717) is 19.4 Å². The fourth-order valence-electron chi connectivity index (χ4n) is 2.37. The summed E-state index contributed by atoms with van der Waals surface area (Å²) in [4.78, 5) is 23.3. The second kappa shape index (κ2) is 8.06. The fourth-order valence-corrected chi connectivity index (χ4v) is 2.37. The molecule has 0 saturated carbocycles. The van der Waals surface area contributed by atoms with E-state index < -0.39 is 0 Å². The van der Waals surface area contributed by atoms with Crippen LogP contribution in [0.2, 0.25) is 0 Å². The summed E-state index contributed by atoms with van der Waals surface area (Å²) in [7, 11) is 0. The van der Waals surface area contributed by atoms with Gasteiger partial charge in [0.15, 0.2) is 5.78 Å². The first kappa shape index (κ1) is 14.9. The average Bonchev–Trinajstić information content (AvgIpc) is 2.35. The quantitative estimate of drug-likeness (QED) is 0.515. The van der Waals surface area contributed by atoms with Gasteiger partial charge in [0.05, 0.1) is 12.5 Å². The molecular formula is C15H24O3. The minimum Gasteiger partial charge on any atom is -0.466 e. The first-order chi connectivity index (χ1) is 8.69. The molecule has 3 heteroatoms. The molecule has 0 aromatic heterocycles. The zero-order valence-corrected chi connectivity index (χ0v) is 11.5. The van der Waals surface area contributed by atoms with Gasteiger partial charge in [-0.25, -0.2) is 0 Å². The summed E-state index contributed by atoms with van der Waals surface area (Å²) >= 11 is 0. The molecule has 1 atom stereocenters. The number of allylic oxidation sites excluding steroid dienone is 1. The predicted molar refractivity (Wildman–Crippen MR) is 71.2 cm³/mol. The second-order valence-electron chi connectivity index (χ2n) is 4.84. The molecule has 0 fully saturated rings. The minimum absolute atomic E-state index is 0.154. The number of unbranched alkanes of at least 4 members (excludes halogenated alkanes) is 3. The Balaban J connectivity index is 2.56. The standard InChI is InChI=1S/C15H24O3/c1-3-5-6-7-8-12-11-13(16)9-10-14(12)15(17)18-4-2/h11,14H,3-10H2,1-2H3/t14-/m0/s1. The van der Waals surface area contributed by atoms with Crippen molar-refractivity contribution in [2.24, 2.45) is 5.92 Å². The van der Waals surface area contributed by atoms with E-state index in [2.05, 4.69) is 6.92 Å². The first-order valence-electron chi connectivity index (χ1n) is 7.09. The van der Waals surface area contributed by atoms with E-state index in [9.17, 15) is 9.59 Å². The molecule has 3 nitrogen and oxygen atoms in total. The summed E-state index contributed by atoms with van der Waals surface area (Å²) in [5.41, 5.74) is 0.987. The van der Waals surface area contributed by atoms with Crippen molar-refractivity contribution in [1.29, 1.82) is 0 Å². The lowest BCUT2D eigenvalue weighted by Gasteiger charge is -2.22. The van der Waals surface area contributed by atoms with Crippen molar-refractivity contribution in [3.63, 3.8) is 0 Å². The van der Waals surface area contributed by atoms with Crippen LogP contribution in [0.1, 0.15) is 58.8 Å². The van der Waals surface area contributed by atoms with Crippen molar-refractivity contribution in [3.05, 3.63) is 11.6 Å². The maximum atomic E-state index is 11.8. The van der Waals surface area contributed by atoms with Crippen molar-refractivity contribution in [1.82, 2.24) is 0 Å². The van der Waals surface area contributed by atoms with E-state index in [-0.39, 0.29) is 17.7 Å². The Morgan fingerprint density at radius 1 is 1.33 bits per heavy atom. The van der Waals surface area contributed by atoms with E-state index in [1.54, 1.807) is 6.08 Å². The van der Waals surface area contributed by atoms with Gasteiger partial charge in [-0.2, -0.15) is 0 Å². The molecular weight excluding hydrogens is 228 g/mol. The fraction of sp³-hybridized carbons (Fsp3) is 0.733. The SMILES string of the molecule is CCCCCCC1=CC(=O)CC[C@@H]1C(=O)OCC. The van der Waals surface area contributed by atoms with Crippen molar-refractivity contribution in [2.75, 3.05) is 6.61 Å². The van der Waals surface area contributed by atoms with Crippen LogP contribution in [0.15, 0.2) is 11.6 Å². The molecule has 0 aromatic carbocycles. The highest BCUT2D eigenvalue weighted by Gasteiger charge is 2.28. The maximum Gasteiger partial charge on any atom is 0.313 e. The van der Waals surface area contributed by atoms with Crippen LogP contribution in [0.5, 0.6) is 0 Å². The molecule has 0 radical (unpaired) electrons. The van der Waals surface area contributed by atoms with Gasteiger partial charge in [-0.1, -0.05) is 31.8 Å². The zero-order chi connectivity index (χ0) is 13.4. The Morgan fingerprint density at radius 3 is 2.78 bits per heavy atom. The summed E-state index contributed by atoms with van der Waals surface area (Å²) < 4.78 is 5.08. The van der Waals surface area contributed by atoms with Crippen molar-refractivity contribution in [3.8, 4) is 0 Å². The Bertz CT molecular complexity index is 318. The third-order valence-electron chi connectivity index (χ3n) is 3.36. The van der Waals surface area contributed by atoms with Crippen LogP contribution in [-0.2, 0) is 14.3 Å². The molecule has 102 valence electrons. The molecule has 1 aliphatic carbocycles. The highest BCUT2D eigenvalue weighted by molar-refractivity contribution is 5.93. The van der Waals surface area contributed by atoms with Crippen LogP contribution >= 0.6 is 0 Å². The number of rotatable bonds is 7. The summed E-state index contributed by atoms with van der Waals surface area (Å²) in [5, 5.41) is 0. The molecule has 1 rings (SSSR count). The third kappa shape index (κ3) is 4.63. The normalized spacial score (nSPS) is 19.6. The number of carbonyl (C=O) groups excluding carboxylic acids is 2. The van der Waals surface area contributed by atoms with Gasteiger partial charge >= 0.3 is 5.97 Å². The zero-order valence-electron chi connectivity index (χ0n) is 11.5. The van der Waals surface area contributed by atoms with Gasteiger partial charge in [0.2, 0.25) is 0 Å². The van der Waals surface area contributed by atoms with E-state index in [1.165, 1.54) is 12.8 Å². The Morgan fingerprint density at radius 2 is 2.11 bits per heavy atom. The molecule has 0 aromatic rings. The number of esters is 1. The van der Waals surface area contributed by atoms with Crippen LogP contribution in [0, 0.1) is 5.92 Å². The molecule has 1 aliphatic rings. The highest BCUT2D eigenvalue weighted by atomic mass is 16.5. The second-order valence-corrected chi connectivity index (χ2v) is 4.84. The third-order valence-corrected chi connectivity index (χ3v) is 3.36. The lowest BCUT2D eigenvalue weighted by molar-refractivity contribution is -0.147. The van der Waals surface area contributed by atoms with Gasteiger partial charge < -0.3 is 4.74 Å². The van der Waals surface area contributed by atoms with Crippen molar-refractivity contribution >= 4 is 11.8 Å². The summed E-state index contributed by atoms with van der Waals surface area (Å²) in [6, 6.07) is 0. The van der Waals surface area contributed by atoms with E-state index in [4.69, 9.17) is 4.74 Å². The Labute approximate surface area is 110 Å². The predicted octanol–water partition coefficient (Wildman–Crippen LogP) is 3.43.